The fourth-order valence-electron chi connectivity index (χ4n) is 2.55. The Hall–Kier alpha value is -1.55. The Morgan fingerprint density at radius 2 is 1.79 bits per heavy atom. The van der Waals surface area contributed by atoms with Crippen LogP contribution in [0.2, 0.25) is 0 Å². The van der Waals surface area contributed by atoms with Gasteiger partial charge in [0, 0.05) is 19.1 Å². The van der Waals surface area contributed by atoms with Gasteiger partial charge in [-0.3, -0.25) is 4.79 Å². The van der Waals surface area contributed by atoms with E-state index >= 15 is 0 Å². The molecule has 7 nitrogen and oxygen atoms in total. The van der Waals surface area contributed by atoms with E-state index in [1.165, 1.54) is 4.90 Å². The molecule has 1 rings (SSSR count). The number of carbonyl (C=O) groups is 2. The van der Waals surface area contributed by atoms with Crippen LogP contribution in [-0.4, -0.2) is 72.2 Å². The number of aliphatic hydroxyl groups is 1. The number of carbonyl (C=O) groups excluding carboxylic acids is 1. The van der Waals surface area contributed by atoms with Gasteiger partial charge in [-0.1, -0.05) is 0 Å². The fraction of sp³-hybridized carbons (Fsp3) is 0.857. The van der Waals surface area contributed by atoms with Crippen LogP contribution >= 0.6 is 0 Å². The molecule has 1 aliphatic rings. The maximum atomic E-state index is 12.1. The Balaban J connectivity index is 2.36. The van der Waals surface area contributed by atoms with Crippen LogP contribution in [0, 0.1) is 5.92 Å². The molecule has 0 aliphatic heterocycles. The Kier molecular flexibility index (Phi) is 8.26. The van der Waals surface area contributed by atoms with E-state index in [2.05, 4.69) is 10.1 Å². The van der Waals surface area contributed by atoms with Gasteiger partial charge in [0.25, 0.3) is 0 Å². The summed E-state index contributed by atoms with van der Waals surface area (Å²) in [6.07, 6.45) is -2.43. The van der Waals surface area contributed by atoms with E-state index < -0.39 is 30.7 Å². The van der Waals surface area contributed by atoms with Crippen LogP contribution in [0.4, 0.5) is 18.0 Å². The molecule has 1 aliphatic carbocycles. The number of rotatable bonds is 8. The van der Waals surface area contributed by atoms with E-state index in [1.54, 1.807) is 0 Å². The molecule has 0 unspecified atom stereocenters. The number of hydrogen-bond acceptors (Lipinski definition) is 4. The zero-order chi connectivity index (χ0) is 18.2. The van der Waals surface area contributed by atoms with Crippen LogP contribution in [0.3, 0.4) is 0 Å². The highest BCUT2D eigenvalue weighted by Crippen LogP contribution is 2.24. The largest absolute Gasteiger partial charge is 0.481 e. The first-order valence-corrected chi connectivity index (χ1v) is 7.76. The van der Waals surface area contributed by atoms with Crippen LogP contribution in [0.15, 0.2) is 0 Å². The molecule has 0 bridgehead atoms. The minimum Gasteiger partial charge on any atom is -0.481 e. The lowest BCUT2D eigenvalue weighted by Crippen LogP contribution is -2.48. The van der Waals surface area contributed by atoms with Gasteiger partial charge in [0.1, 0.15) is 6.61 Å². The number of aliphatic carboxylic acids is 1. The summed E-state index contributed by atoms with van der Waals surface area (Å²) in [7, 11) is 0. The smallest absolute Gasteiger partial charge is 0.411 e. The van der Waals surface area contributed by atoms with E-state index in [9.17, 15) is 22.8 Å². The minimum atomic E-state index is -4.42. The average Bonchev–Trinajstić information content (AvgIpc) is 2.49. The second kappa shape index (κ2) is 9.67. The number of carboxylic acids is 1. The van der Waals surface area contributed by atoms with Crippen LogP contribution < -0.4 is 5.32 Å². The molecule has 1 fully saturated rings. The lowest BCUT2D eigenvalue weighted by molar-refractivity contribution is -0.174. The van der Waals surface area contributed by atoms with Crippen LogP contribution in [0.25, 0.3) is 0 Å². The third-order valence-electron chi connectivity index (χ3n) is 3.83. The Labute approximate surface area is 137 Å². The molecule has 0 atom stereocenters. The van der Waals surface area contributed by atoms with Crippen molar-refractivity contribution >= 4 is 12.0 Å². The summed E-state index contributed by atoms with van der Waals surface area (Å²) in [5, 5.41) is 20.6. The van der Waals surface area contributed by atoms with Gasteiger partial charge in [-0.05, 0) is 25.7 Å². The number of hydrogen-bond donors (Lipinski definition) is 3. The lowest BCUT2D eigenvalue weighted by Gasteiger charge is -2.30. The molecular weight excluding hydrogens is 333 g/mol. The summed E-state index contributed by atoms with van der Waals surface area (Å²) in [6.45, 7) is -2.10. The van der Waals surface area contributed by atoms with Crippen LogP contribution in [0.5, 0.6) is 0 Å². The van der Waals surface area contributed by atoms with Crippen molar-refractivity contribution in [3.8, 4) is 0 Å². The highest BCUT2D eigenvalue weighted by Gasteiger charge is 2.29. The Bertz CT molecular complexity index is 412. The summed E-state index contributed by atoms with van der Waals surface area (Å²) in [5.74, 6) is -1.24. The molecule has 24 heavy (non-hydrogen) atoms. The highest BCUT2D eigenvalue weighted by atomic mass is 19.4. The topological polar surface area (TPSA) is 99.1 Å². The van der Waals surface area contributed by atoms with Gasteiger partial charge < -0.3 is 25.2 Å². The van der Waals surface area contributed by atoms with Crippen molar-refractivity contribution in [2.45, 2.75) is 37.9 Å². The standard InChI is InChI=1S/C14H23F3N2O5/c15-14(16,17)9-24-8-6-19(5-7-20)13(23)18-11-3-1-10(2-4-11)12(21)22/h10-11,20H,1-9H2,(H,18,23)(H,21,22). The van der Waals surface area contributed by atoms with Crippen molar-refractivity contribution in [2.24, 2.45) is 5.92 Å². The number of halogens is 3. The average molecular weight is 356 g/mol. The monoisotopic (exact) mass is 356 g/mol. The summed E-state index contributed by atoms with van der Waals surface area (Å²) in [5.41, 5.74) is 0. The van der Waals surface area contributed by atoms with Crippen LogP contribution in [-0.2, 0) is 9.53 Å². The number of nitrogens with one attached hydrogen (secondary N) is 1. The molecule has 1 saturated carbocycles. The van der Waals surface area contributed by atoms with E-state index in [-0.39, 0.29) is 32.3 Å². The summed E-state index contributed by atoms with van der Waals surface area (Å²) in [4.78, 5) is 24.2. The van der Waals surface area contributed by atoms with Gasteiger partial charge in [-0.25, -0.2) is 4.79 Å². The number of nitrogens with zero attached hydrogens (tertiary/aromatic N) is 1. The van der Waals surface area contributed by atoms with Crippen molar-refractivity contribution < 1.29 is 37.7 Å². The number of amides is 2. The predicted molar refractivity (Wildman–Crippen MR) is 77.4 cm³/mol. The number of urea groups is 1. The zero-order valence-corrected chi connectivity index (χ0v) is 13.2. The van der Waals surface area contributed by atoms with Crippen molar-refractivity contribution in [3.05, 3.63) is 0 Å². The summed E-state index contributed by atoms with van der Waals surface area (Å²) >= 11 is 0. The second-order valence-electron chi connectivity index (χ2n) is 5.71. The third-order valence-corrected chi connectivity index (χ3v) is 3.83. The molecule has 0 saturated heterocycles. The molecule has 0 aromatic rings. The Morgan fingerprint density at radius 1 is 1.17 bits per heavy atom. The fourth-order valence-corrected chi connectivity index (χ4v) is 2.55. The second-order valence-corrected chi connectivity index (χ2v) is 5.71. The molecule has 0 aromatic heterocycles. The Morgan fingerprint density at radius 3 is 2.29 bits per heavy atom. The molecule has 140 valence electrons. The summed E-state index contributed by atoms with van der Waals surface area (Å²) < 4.78 is 40.4. The molecule has 2 amide bonds. The number of carboxylic acid groups (broad SMARTS) is 1. The lowest BCUT2D eigenvalue weighted by atomic mass is 9.86. The normalized spacial score (nSPS) is 21.3. The van der Waals surface area contributed by atoms with Gasteiger partial charge in [-0.15, -0.1) is 0 Å². The number of aliphatic hydroxyl groups excluding tert-OH is 1. The first-order valence-electron chi connectivity index (χ1n) is 7.76. The van der Waals surface area contributed by atoms with E-state index in [4.69, 9.17) is 10.2 Å². The number of alkyl halides is 3. The predicted octanol–water partition coefficient (Wildman–Crippen LogP) is 1.21. The molecule has 0 heterocycles. The number of ether oxygens (including phenoxy) is 1. The molecule has 0 radical (unpaired) electrons. The first-order chi connectivity index (χ1) is 11.2. The van der Waals surface area contributed by atoms with E-state index in [0.29, 0.717) is 25.7 Å². The van der Waals surface area contributed by atoms with Gasteiger partial charge in [0.2, 0.25) is 0 Å². The minimum absolute atomic E-state index is 0.0221. The third kappa shape index (κ3) is 7.82. The van der Waals surface area contributed by atoms with Gasteiger partial charge in [-0.2, -0.15) is 13.2 Å². The van der Waals surface area contributed by atoms with Gasteiger partial charge in [0.15, 0.2) is 0 Å². The molecule has 3 N–H and O–H groups in total. The maximum Gasteiger partial charge on any atom is 0.411 e. The van der Waals surface area contributed by atoms with Gasteiger partial charge >= 0.3 is 18.2 Å². The molecule has 0 spiro atoms. The molecule has 0 aromatic carbocycles. The van der Waals surface area contributed by atoms with Crippen molar-refractivity contribution in [3.63, 3.8) is 0 Å². The van der Waals surface area contributed by atoms with E-state index in [1.807, 2.05) is 0 Å². The molecule has 10 heteroatoms. The summed E-state index contributed by atoms with van der Waals surface area (Å²) in [6, 6.07) is -0.677. The van der Waals surface area contributed by atoms with Crippen molar-refractivity contribution in [1.29, 1.82) is 0 Å². The SMILES string of the molecule is O=C(O)C1CCC(NC(=O)N(CCO)CCOCC(F)(F)F)CC1. The van der Waals surface area contributed by atoms with E-state index in [0.717, 1.165) is 0 Å². The highest BCUT2D eigenvalue weighted by molar-refractivity contribution is 5.74. The first kappa shape index (κ1) is 20.5. The quantitative estimate of drug-likeness (QED) is 0.568. The van der Waals surface area contributed by atoms with Crippen LogP contribution in [0.1, 0.15) is 25.7 Å². The van der Waals surface area contributed by atoms with Crippen molar-refractivity contribution in [2.75, 3.05) is 32.9 Å². The van der Waals surface area contributed by atoms with Gasteiger partial charge in [0.05, 0.1) is 19.1 Å². The zero-order valence-electron chi connectivity index (χ0n) is 13.2. The van der Waals surface area contributed by atoms with Crippen molar-refractivity contribution in [1.82, 2.24) is 10.2 Å². The molecular formula is C14H23F3N2O5. The maximum absolute atomic E-state index is 12.1.